The van der Waals surface area contributed by atoms with Gasteiger partial charge in [0, 0.05) is 11.8 Å². The van der Waals surface area contributed by atoms with Gasteiger partial charge in [-0.3, -0.25) is 4.79 Å². The summed E-state index contributed by atoms with van der Waals surface area (Å²) >= 11 is 0. The van der Waals surface area contributed by atoms with E-state index in [1.165, 1.54) is 0 Å². The highest BCUT2D eigenvalue weighted by Gasteiger charge is 2.10. The molecule has 4 heteroatoms. The zero-order valence-electron chi connectivity index (χ0n) is 10.9. The summed E-state index contributed by atoms with van der Waals surface area (Å²) in [7, 11) is 0. The van der Waals surface area contributed by atoms with Crippen molar-refractivity contribution in [2.45, 2.75) is 27.7 Å². The molecule has 1 aromatic rings. The van der Waals surface area contributed by atoms with Crippen LogP contribution in [-0.4, -0.2) is 19.6 Å². The van der Waals surface area contributed by atoms with Crippen molar-refractivity contribution in [1.82, 2.24) is 0 Å². The summed E-state index contributed by atoms with van der Waals surface area (Å²) in [5.74, 6) is 1.40. The third-order valence-electron chi connectivity index (χ3n) is 1.77. The number of hydrogen-bond donors (Lipinski definition) is 1. The molecular formula is C13H21NO3. The van der Waals surface area contributed by atoms with Crippen LogP contribution in [0, 0.1) is 0 Å². The Kier molecular flexibility index (Phi) is 8.55. The number of nitrogens with one attached hydrogen (secondary N) is 1. The van der Waals surface area contributed by atoms with E-state index in [9.17, 15) is 4.79 Å². The van der Waals surface area contributed by atoms with Crippen LogP contribution in [0.5, 0.6) is 11.5 Å². The third kappa shape index (κ3) is 4.76. The molecule has 1 aliphatic heterocycles. The Morgan fingerprint density at radius 2 is 1.65 bits per heavy atom. The molecule has 0 fully saturated rings. The molecule has 0 saturated carbocycles. The van der Waals surface area contributed by atoms with Crippen LogP contribution in [0.3, 0.4) is 0 Å². The van der Waals surface area contributed by atoms with Gasteiger partial charge in [0.15, 0.2) is 11.5 Å². The Balaban J connectivity index is 0.000000581. The van der Waals surface area contributed by atoms with E-state index >= 15 is 0 Å². The maximum absolute atomic E-state index is 10.2. The molecule has 0 radical (unpaired) electrons. The first-order valence-corrected chi connectivity index (χ1v) is 6.00. The Hall–Kier alpha value is -1.71. The molecule has 1 heterocycles. The number of fused-ring (bicyclic) bond motifs is 1. The van der Waals surface area contributed by atoms with Gasteiger partial charge in [-0.25, -0.2) is 0 Å². The van der Waals surface area contributed by atoms with Crippen LogP contribution in [0.1, 0.15) is 27.7 Å². The molecule has 0 spiro atoms. The van der Waals surface area contributed by atoms with Crippen LogP contribution in [0.4, 0.5) is 5.69 Å². The Labute approximate surface area is 103 Å². The Morgan fingerprint density at radius 3 is 2.24 bits per heavy atom. The molecule has 0 bridgehead atoms. The minimum Gasteiger partial charge on any atom is -0.486 e. The van der Waals surface area contributed by atoms with Crippen LogP contribution in [0.2, 0.25) is 0 Å². The monoisotopic (exact) mass is 239 g/mol. The lowest BCUT2D eigenvalue weighted by molar-refractivity contribution is -0.105. The van der Waals surface area contributed by atoms with Crippen LogP contribution >= 0.6 is 0 Å². The quantitative estimate of drug-likeness (QED) is 0.807. The molecule has 17 heavy (non-hydrogen) atoms. The number of rotatable bonds is 2. The smallest absolute Gasteiger partial charge is 0.211 e. The molecule has 0 atom stereocenters. The molecule has 1 N–H and O–H groups in total. The van der Waals surface area contributed by atoms with Gasteiger partial charge < -0.3 is 14.8 Å². The highest BCUT2D eigenvalue weighted by Crippen LogP contribution is 2.32. The average Bonchev–Trinajstić information content (AvgIpc) is 2.43. The maximum Gasteiger partial charge on any atom is 0.211 e. The van der Waals surface area contributed by atoms with Gasteiger partial charge in [-0.15, -0.1) is 0 Å². The number of amides is 1. The molecule has 0 unspecified atom stereocenters. The number of benzene rings is 1. The van der Waals surface area contributed by atoms with Gasteiger partial charge in [0.1, 0.15) is 13.2 Å². The second-order valence-electron chi connectivity index (χ2n) is 2.62. The third-order valence-corrected chi connectivity index (χ3v) is 1.77. The van der Waals surface area contributed by atoms with Crippen LogP contribution in [0.15, 0.2) is 18.2 Å². The molecular weight excluding hydrogens is 218 g/mol. The molecule has 1 amide bonds. The number of hydrogen-bond acceptors (Lipinski definition) is 3. The van der Waals surface area contributed by atoms with Crippen molar-refractivity contribution in [3.8, 4) is 11.5 Å². The van der Waals surface area contributed by atoms with Crippen molar-refractivity contribution in [3.63, 3.8) is 0 Å². The van der Waals surface area contributed by atoms with Gasteiger partial charge in [-0.2, -0.15) is 0 Å². The lowest BCUT2D eigenvalue weighted by Gasteiger charge is -2.18. The van der Waals surface area contributed by atoms with Crippen molar-refractivity contribution in [1.29, 1.82) is 0 Å². The fourth-order valence-electron chi connectivity index (χ4n) is 1.20. The first-order chi connectivity index (χ1) is 8.40. The second-order valence-corrected chi connectivity index (χ2v) is 2.62. The molecule has 0 saturated heterocycles. The summed E-state index contributed by atoms with van der Waals surface area (Å²) in [5, 5.41) is 2.54. The number of carbonyl (C=O) groups is 1. The molecule has 4 nitrogen and oxygen atoms in total. The topological polar surface area (TPSA) is 47.6 Å². The summed E-state index contributed by atoms with van der Waals surface area (Å²) < 4.78 is 10.6. The van der Waals surface area contributed by atoms with E-state index in [1.807, 2.05) is 27.7 Å². The minimum atomic E-state index is 0.553. The molecule has 96 valence electrons. The first kappa shape index (κ1) is 15.3. The fraction of sp³-hybridized carbons (Fsp3) is 0.462. The van der Waals surface area contributed by atoms with E-state index in [1.54, 1.807) is 18.2 Å². The summed E-state index contributed by atoms with van der Waals surface area (Å²) in [6, 6.07) is 5.28. The molecule has 1 aliphatic rings. The zero-order valence-corrected chi connectivity index (χ0v) is 10.9. The summed E-state index contributed by atoms with van der Waals surface area (Å²) in [5.41, 5.74) is 0.708. The number of carbonyl (C=O) groups excluding carboxylic acids is 1. The summed E-state index contributed by atoms with van der Waals surface area (Å²) in [4.78, 5) is 10.2. The van der Waals surface area contributed by atoms with Crippen molar-refractivity contribution >= 4 is 12.1 Å². The predicted molar refractivity (Wildman–Crippen MR) is 69.8 cm³/mol. The lowest BCUT2D eigenvalue weighted by Crippen LogP contribution is -2.15. The number of anilines is 1. The zero-order chi connectivity index (χ0) is 13.1. The van der Waals surface area contributed by atoms with Crippen molar-refractivity contribution in [2.75, 3.05) is 18.5 Å². The van der Waals surface area contributed by atoms with Gasteiger partial charge in [0.2, 0.25) is 6.41 Å². The minimum absolute atomic E-state index is 0.553. The standard InChI is InChI=1S/C9H9NO3.2C2H6/c11-6-10-7-1-2-8-9(5-7)13-4-3-12-8;2*1-2/h1-2,5-6H,3-4H2,(H,10,11);2*1-2H3. The normalized spacial score (nSPS) is 11.1. The van der Waals surface area contributed by atoms with E-state index in [0.29, 0.717) is 31.1 Å². The van der Waals surface area contributed by atoms with Gasteiger partial charge in [-0.1, -0.05) is 27.7 Å². The first-order valence-electron chi connectivity index (χ1n) is 6.00. The fourth-order valence-corrected chi connectivity index (χ4v) is 1.20. The summed E-state index contributed by atoms with van der Waals surface area (Å²) in [6.07, 6.45) is 0.630. The molecule has 1 aromatic carbocycles. The highest BCUT2D eigenvalue weighted by atomic mass is 16.6. The van der Waals surface area contributed by atoms with Gasteiger partial charge in [0.05, 0.1) is 0 Å². The SMILES string of the molecule is CC.CC.O=CNc1ccc2c(c1)OCCO2. The van der Waals surface area contributed by atoms with Crippen LogP contribution in [-0.2, 0) is 4.79 Å². The lowest BCUT2D eigenvalue weighted by atomic mass is 10.2. The van der Waals surface area contributed by atoms with E-state index in [2.05, 4.69) is 5.32 Å². The highest BCUT2D eigenvalue weighted by molar-refractivity contribution is 5.72. The van der Waals surface area contributed by atoms with Crippen LogP contribution < -0.4 is 14.8 Å². The number of ether oxygens (including phenoxy) is 2. The molecule has 2 rings (SSSR count). The average molecular weight is 239 g/mol. The van der Waals surface area contributed by atoms with E-state index in [0.717, 1.165) is 5.75 Å². The van der Waals surface area contributed by atoms with Gasteiger partial charge in [0.25, 0.3) is 0 Å². The van der Waals surface area contributed by atoms with Crippen molar-refractivity contribution < 1.29 is 14.3 Å². The Bertz CT molecular complexity index is 326. The van der Waals surface area contributed by atoms with Crippen LogP contribution in [0.25, 0.3) is 0 Å². The summed E-state index contributed by atoms with van der Waals surface area (Å²) in [6.45, 7) is 9.13. The van der Waals surface area contributed by atoms with E-state index in [-0.39, 0.29) is 0 Å². The van der Waals surface area contributed by atoms with E-state index in [4.69, 9.17) is 9.47 Å². The van der Waals surface area contributed by atoms with E-state index < -0.39 is 0 Å². The largest absolute Gasteiger partial charge is 0.486 e. The molecule has 0 aromatic heterocycles. The van der Waals surface area contributed by atoms with Crippen molar-refractivity contribution in [2.24, 2.45) is 0 Å². The maximum atomic E-state index is 10.2. The molecule has 0 aliphatic carbocycles. The van der Waals surface area contributed by atoms with Gasteiger partial charge >= 0.3 is 0 Å². The predicted octanol–water partition coefficient (Wildman–Crippen LogP) is 3.08. The second kappa shape index (κ2) is 9.51. The van der Waals surface area contributed by atoms with Crippen molar-refractivity contribution in [3.05, 3.63) is 18.2 Å². The van der Waals surface area contributed by atoms with Gasteiger partial charge in [-0.05, 0) is 12.1 Å². The Morgan fingerprint density at radius 1 is 1.06 bits per heavy atom.